The average Bonchev–Trinajstić information content (AvgIpc) is 2.81. The van der Waals surface area contributed by atoms with Gasteiger partial charge >= 0.3 is 0 Å². The fraction of sp³-hybridized carbons (Fsp3) is 0.250. The molecule has 0 amide bonds. The number of fused-ring (bicyclic) bond motifs is 1. The fourth-order valence-corrected chi connectivity index (χ4v) is 2.48. The number of aliphatic hydroxyl groups excluding tert-OH is 1. The van der Waals surface area contributed by atoms with Crippen molar-refractivity contribution in [2.45, 2.75) is 25.6 Å². The van der Waals surface area contributed by atoms with Gasteiger partial charge in [-0.15, -0.1) is 0 Å². The number of aryl methyl sites for hydroxylation is 1. The minimum Gasteiger partial charge on any atom is -0.489 e. The van der Waals surface area contributed by atoms with Gasteiger partial charge < -0.3 is 9.84 Å². The Labute approximate surface area is 115 Å². The van der Waals surface area contributed by atoms with E-state index in [0.29, 0.717) is 5.75 Å². The minimum absolute atomic E-state index is 0.0229. The van der Waals surface area contributed by atoms with Gasteiger partial charge in [0.05, 0.1) is 6.10 Å². The lowest BCUT2D eigenvalue weighted by Crippen LogP contribution is -2.00. The van der Waals surface area contributed by atoms with Crippen LogP contribution in [0.4, 0.5) is 8.78 Å². The molecule has 0 bridgehead atoms. The second-order valence-electron chi connectivity index (χ2n) is 4.94. The van der Waals surface area contributed by atoms with Crippen LogP contribution >= 0.6 is 0 Å². The Morgan fingerprint density at radius 2 is 2.00 bits per heavy atom. The number of ether oxygens (including phenoxy) is 1. The monoisotopic (exact) mass is 276 g/mol. The molecule has 0 saturated heterocycles. The molecular weight excluding hydrogens is 262 g/mol. The Morgan fingerprint density at radius 1 is 1.15 bits per heavy atom. The van der Waals surface area contributed by atoms with E-state index in [0.717, 1.165) is 42.2 Å². The van der Waals surface area contributed by atoms with Crippen LogP contribution in [0.1, 0.15) is 29.2 Å². The zero-order valence-corrected chi connectivity index (χ0v) is 10.8. The minimum atomic E-state index is -0.484. The molecular formula is C16H14F2O2. The lowest BCUT2D eigenvalue weighted by Gasteiger charge is -2.10. The predicted octanol–water partition coefficient (Wildman–Crippen LogP) is 3.52. The fourth-order valence-electron chi connectivity index (χ4n) is 2.48. The maximum atomic E-state index is 13.5. The topological polar surface area (TPSA) is 29.5 Å². The van der Waals surface area contributed by atoms with E-state index in [1.54, 1.807) is 6.07 Å². The number of halogens is 2. The zero-order chi connectivity index (χ0) is 14.1. The second kappa shape index (κ2) is 5.21. The normalized spacial score (nSPS) is 17.1. The van der Waals surface area contributed by atoms with Gasteiger partial charge in [0.15, 0.2) is 0 Å². The molecule has 0 aliphatic heterocycles. The molecule has 1 N–H and O–H groups in total. The van der Waals surface area contributed by atoms with Crippen molar-refractivity contribution in [1.82, 2.24) is 0 Å². The van der Waals surface area contributed by atoms with Crippen LogP contribution in [-0.4, -0.2) is 5.11 Å². The first-order valence-electron chi connectivity index (χ1n) is 6.51. The van der Waals surface area contributed by atoms with Gasteiger partial charge in [0.25, 0.3) is 0 Å². The van der Waals surface area contributed by atoms with Gasteiger partial charge in [-0.1, -0.05) is 6.07 Å². The quantitative estimate of drug-likeness (QED) is 0.929. The summed E-state index contributed by atoms with van der Waals surface area (Å²) in [5.74, 6) is -0.369. The first kappa shape index (κ1) is 13.1. The molecule has 1 unspecified atom stereocenters. The molecule has 4 heteroatoms. The molecule has 0 saturated carbocycles. The highest BCUT2D eigenvalue weighted by molar-refractivity contribution is 5.40. The van der Waals surface area contributed by atoms with Gasteiger partial charge in [-0.25, -0.2) is 8.78 Å². The Hall–Kier alpha value is -1.94. The Morgan fingerprint density at radius 3 is 2.85 bits per heavy atom. The number of benzene rings is 2. The first-order chi connectivity index (χ1) is 9.63. The summed E-state index contributed by atoms with van der Waals surface area (Å²) in [5.41, 5.74) is 2.16. The van der Waals surface area contributed by atoms with E-state index in [1.807, 2.05) is 12.1 Å². The molecule has 20 heavy (non-hydrogen) atoms. The largest absolute Gasteiger partial charge is 0.489 e. The Kier molecular flexibility index (Phi) is 3.40. The molecule has 1 aliphatic rings. The highest BCUT2D eigenvalue weighted by Gasteiger charge is 2.20. The van der Waals surface area contributed by atoms with Crippen LogP contribution in [0.3, 0.4) is 0 Å². The van der Waals surface area contributed by atoms with Gasteiger partial charge in [-0.2, -0.15) is 0 Å². The summed E-state index contributed by atoms with van der Waals surface area (Å²) < 4.78 is 32.0. The molecule has 0 heterocycles. The van der Waals surface area contributed by atoms with Gasteiger partial charge in [0.1, 0.15) is 24.0 Å². The number of hydrogen-bond acceptors (Lipinski definition) is 2. The molecule has 1 aliphatic carbocycles. The summed E-state index contributed by atoms with van der Waals surface area (Å²) in [6.45, 7) is -0.0229. The molecule has 2 aromatic carbocycles. The van der Waals surface area contributed by atoms with E-state index in [2.05, 4.69) is 0 Å². The van der Waals surface area contributed by atoms with Crippen molar-refractivity contribution in [3.8, 4) is 5.75 Å². The van der Waals surface area contributed by atoms with Crippen LogP contribution in [0.2, 0.25) is 0 Å². The van der Waals surface area contributed by atoms with Gasteiger partial charge in [-0.3, -0.25) is 0 Å². The van der Waals surface area contributed by atoms with Crippen LogP contribution in [-0.2, 0) is 13.0 Å². The van der Waals surface area contributed by atoms with Crippen LogP contribution in [0.25, 0.3) is 0 Å². The highest BCUT2D eigenvalue weighted by Crippen LogP contribution is 2.33. The number of rotatable bonds is 3. The van der Waals surface area contributed by atoms with Crippen molar-refractivity contribution in [2.24, 2.45) is 0 Å². The van der Waals surface area contributed by atoms with Crippen molar-refractivity contribution < 1.29 is 18.6 Å². The molecule has 104 valence electrons. The summed E-state index contributed by atoms with van der Waals surface area (Å²) in [5, 5.41) is 9.71. The lowest BCUT2D eigenvalue weighted by molar-refractivity contribution is 0.180. The predicted molar refractivity (Wildman–Crippen MR) is 70.4 cm³/mol. The van der Waals surface area contributed by atoms with Gasteiger partial charge in [-0.05, 0) is 54.3 Å². The van der Waals surface area contributed by atoms with Crippen molar-refractivity contribution >= 4 is 0 Å². The average molecular weight is 276 g/mol. The molecule has 2 aromatic rings. The third-order valence-electron chi connectivity index (χ3n) is 3.56. The van der Waals surface area contributed by atoms with E-state index in [1.165, 1.54) is 0 Å². The summed E-state index contributed by atoms with van der Waals surface area (Å²) >= 11 is 0. The van der Waals surface area contributed by atoms with E-state index in [-0.39, 0.29) is 12.2 Å². The SMILES string of the molecule is OC1CCc2cc(OCc3cc(F)ccc3F)ccc21. The van der Waals surface area contributed by atoms with Crippen molar-refractivity contribution in [3.05, 3.63) is 64.7 Å². The molecule has 0 spiro atoms. The second-order valence-corrected chi connectivity index (χ2v) is 4.94. The van der Waals surface area contributed by atoms with Crippen molar-refractivity contribution in [2.75, 3.05) is 0 Å². The number of aliphatic hydroxyl groups is 1. The molecule has 0 aromatic heterocycles. The molecule has 3 rings (SSSR count). The van der Waals surface area contributed by atoms with Crippen LogP contribution in [0, 0.1) is 11.6 Å². The maximum Gasteiger partial charge on any atom is 0.130 e. The molecule has 1 atom stereocenters. The molecule has 0 radical (unpaired) electrons. The molecule has 0 fully saturated rings. The first-order valence-corrected chi connectivity index (χ1v) is 6.51. The summed E-state index contributed by atoms with van der Waals surface area (Å²) in [7, 11) is 0. The summed E-state index contributed by atoms with van der Waals surface area (Å²) in [4.78, 5) is 0. The summed E-state index contributed by atoms with van der Waals surface area (Å²) in [6.07, 6.45) is 1.12. The van der Waals surface area contributed by atoms with Crippen LogP contribution < -0.4 is 4.74 Å². The standard InChI is InChI=1S/C16H14F2O2/c17-12-2-5-15(18)11(7-12)9-20-13-3-4-14-10(8-13)1-6-16(14)19/h2-5,7-8,16,19H,1,6,9H2. The summed E-state index contributed by atoms with van der Waals surface area (Å²) in [6, 6.07) is 8.72. The maximum absolute atomic E-state index is 13.5. The third kappa shape index (κ3) is 2.51. The van der Waals surface area contributed by atoms with Crippen molar-refractivity contribution in [3.63, 3.8) is 0 Å². The van der Waals surface area contributed by atoms with Crippen molar-refractivity contribution in [1.29, 1.82) is 0 Å². The van der Waals surface area contributed by atoms with E-state index >= 15 is 0 Å². The van der Waals surface area contributed by atoms with E-state index < -0.39 is 17.7 Å². The highest BCUT2D eigenvalue weighted by atomic mass is 19.1. The molecule has 2 nitrogen and oxygen atoms in total. The zero-order valence-electron chi connectivity index (χ0n) is 10.8. The van der Waals surface area contributed by atoms with Gasteiger partial charge in [0, 0.05) is 5.56 Å². The lowest BCUT2D eigenvalue weighted by atomic mass is 10.1. The van der Waals surface area contributed by atoms with E-state index in [4.69, 9.17) is 4.74 Å². The Balaban J connectivity index is 1.74. The smallest absolute Gasteiger partial charge is 0.130 e. The Bertz CT molecular complexity index is 640. The van der Waals surface area contributed by atoms with Crippen LogP contribution in [0.5, 0.6) is 5.75 Å². The van der Waals surface area contributed by atoms with Crippen LogP contribution in [0.15, 0.2) is 36.4 Å². The number of hydrogen-bond donors (Lipinski definition) is 1. The van der Waals surface area contributed by atoms with E-state index in [9.17, 15) is 13.9 Å². The third-order valence-corrected chi connectivity index (χ3v) is 3.56. The van der Waals surface area contributed by atoms with Gasteiger partial charge in [0.2, 0.25) is 0 Å².